The molecule has 110 valence electrons. The van der Waals surface area contributed by atoms with Gasteiger partial charge < -0.3 is 0 Å². The van der Waals surface area contributed by atoms with Crippen LogP contribution in [0, 0.1) is 13.8 Å². The summed E-state index contributed by atoms with van der Waals surface area (Å²) in [6.07, 6.45) is 3.10. The Morgan fingerprint density at radius 1 is 0.909 bits per heavy atom. The van der Waals surface area contributed by atoms with Gasteiger partial charge in [-0.1, -0.05) is 27.7 Å². The Kier molecular flexibility index (Phi) is 5.75. The molecule has 0 saturated heterocycles. The van der Waals surface area contributed by atoms with Crippen LogP contribution in [0.5, 0.6) is 0 Å². The normalized spacial score (nSPS) is 9.73. The number of carbonyl (C=O) groups excluding carboxylic acids is 2. The van der Waals surface area contributed by atoms with E-state index in [2.05, 4.69) is 9.98 Å². The fourth-order valence-electron chi connectivity index (χ4n) is 1.76. The molecule has 0 unspecified atom stereocenters. The molecule has 0 spiro atoms. The Morgan fingerprint density at radius 2 is 1.64 bits per heavy atom. The average Bonchev–Trinajstić information content (AvgIpc) is 2.50. The van der Waals surface area contributed by atoms with Gasteiger partial charge in [0.05, 0.1) is 11.4 Å². The third-order valence-electron chi connectivity index (χ3n) is 3.00. The summed E-state index contributed by atoms with van der Waals surface area (Å²) in [4.78, 5) is 30.0. The molecule has 0 aliphatic carbocycles. The molecule has 2 aromatic rings. The number of aryl methyl sites for hydroxylation is 1. The van der Waals surface area contributed by atoms with E-state index in [4.69, 9.17) is 0 Å². The van der Waals surface area contributed by atoms with Crippen molar-refractivity contribution in [2.45, 2.75) is 23.6 Å². The lowest BCUT2D eigenvalue weighted by atomic mass is 10.1. The number of nitrogens with zero attached hydrogens (tertiary/aromatic N) is 2. The number of aliphatic imine (C=N–C) groups is 2. The summed E-state index contributed by atoms with van der Waals surface area (Å²) in [6, 6.07) is 11.1. The van der Waals surface area contributed by atoms with Crippen LogP contribution in [0.15, 0.2) is 56.2 Å². The summed E-state index contributed by atoms with van der Waals surface area (Å²) in [5.41, 5.74) is 3.39. The number of rotatable bonds is 5. The van der Waals surface area contributed by atoms with Crippen LogP contribution in [-0.4, -0.2) is 12.2 Å². The molecule has 4 nitrogen and oxygen atoms in total. The molecule has 0 radical (unpaired) electrons. The summed E-state index contributed by atoms with van der Waals surface area (Å²) in [5.74, 6) is 0. The second kappa shape index (κ2) is 7.78. The number of hydrogen-bond donors (Lipinski definition) is 0. The molecule has 2 aromatic carbocycles. The van der Waals surface area contributed by atoms with Crippen LogP contribution in [0.4, 0.5) is 11.4 Å². The molecule has 0 aliphatic rings. The van der Waals surface area contributed by atoms with Crippen LogP contribution in [0.1, 0.15) is 11.1 Å². The highest BCUT2D eigenvalue weighted by atomic mass is 33.1. The molecule has 0 N–H and O–H groups in total. The van der Waals surface area contributed by atoms with Crippen molar-refractivity contribution in [3.8, 4) is 0 Å². The van der Waals surface area contributed by atoms with Crippen molar-refractivity contribution in [2.75, 3.05) is 0 Å². The molecule has 0 amide bonds. The van der Waals surface area contributed by atoms with E-state index in [-0.39, 0.29) is 0 Å². The smallest absolute Gasteiger partial charge is 0.211 e. The Bertz CT molecular complexity index is 793. The molecule has 0 bridgehead atoms. The van der Waals surface area contributed by atoms with Crippen LogP contribution in [0.25, 0.3) is 0 Å². The van der Waals surface area contributed by atoms with Crippen LogP contribution in [0.3, 0.4) is 0 Å². The highest BCUT2D eigenvalue weighted by Crippen LogP contribution is 2.41. The lowest BCUT2D eigenvalue weighted by Gasteiger charge is -2.09. The maximum absolute atomic E-state index is 10.4. The first-order valence-corrected chi connectivity index (χ1v) is 8.50. The Morgan fingerprint density at radius 3 is 2.36 bits per heavy atom. The van der Waals surface area contributed by atoms with Gasteiger partial charge in [0, 0.05) is 9.79 Å². The van der Waals surface area contributed by atoms with Crippen LogP contribution >= 0.6 is 21.6 Å². The molecule has 0 fully saturated rings. The maximum atomic E-state index is 10.4. The van der Waals surface area contributed by atoms with Crippen LogP contribution in [-0.2, 0) is 9.59 Å². The van der Waals surface area contributed by atoms with Crippen molar-refractivity contribution in [1.82, 2.24) is 0 Å². The largest absolute Gasteiger partial charge is 0.240 e. The minimum absolute atomic E-state index is 0.577. The first kappa shape index (κ1) is 16.3. The zero-order valence-corrected chi connectivity index (χ0v) is 13.6. The van der Waals surface area contributed by atoms with Crippen molar-refractivity contribution in [1.29, 1.82) is 0 Å². The third kappa shape index (κ3) is 4.20. The van der Waals surface area contributed by atoms with Gasteiger partial charge in [0.1, 0.15) is 0 Å². The van der Waals surface area contributed by atoms with Gasteiger partial charge in [0.15, 0.2) is 0 Å². The number of isocyanates is 2. The van der Waals surface area contributed by atoms with Crippen LogP contribution in [0.2, 0.25) is 0 Å². The summed E-state index contributed by atoms with van der Waals surface area (Å²) < 4.78 is 0. The highest BCUT2D eigenvalue weighted by molar-refractivity contribution is 8.76. The van der Waals surface area contributed by atoms with Gasteiger partial charge >= 0.3 is 0 Å². The summed E-state index contributed by atoms with van der Waals surface area (Å²) >= 11 is 0. The summed E-state index contributed by atoms with van der Waals surface area (Å²) in [7, 11) is 3.12. The molecule has 22 heavy (non-hydrogen) atoms. The quantitative estimate of drug-likeness (QED) is 0.438. The van der Waals surface area contributed by atoms with Gasteiger partial charge in [-0.05, 0) is 55.3 Å². The zero-order valence-electron chi connectivity index (χ0n) is 12.0. The maximum Gasteiger partial charge on any atom is 0.240 e. The summed E-state index contributed by atoms with van der Waals surface area (Å²) in [5, 5.41) is 0. The third-order valence-corrected chi connectivity index (χ3v) is 5.50. The van der Waals surface area contributed by atoms with Crippen molar-refractivity contribution >= 4 is 45.1 Å². The van der Waals surface area contributed by atoms with Crippen molar-refractivity contribution in [2.24, 2.45) is 9.98 Å². The van der Waals surface area contributed by atoms with Crippen LogP contribution < -0.4 is 0 Å². The molecule has 0 aromatic heterocycles. The summed E-state index contributed by atoms with van der Waals surface area (Å²) in [6.45, 7) is 4.01. The van der Waals surface area contributed by atoms with Gasteiger partial charge in [0.25, 0.3) is 0 Å². The fourth-order valence-corrected chi connectivity index (χ4v) is 4.10. The van der Waals surface area contributed by atoms with Gasteiger partial charge in [-0.2, -0.15) is 9.98 Å². The van der Waals surface area contributed by atoms with Crippen molar-refractivity contribution < 1.29 is 9.59 Å². The van der Waals surface area contributed by atoms with E-state index in [0.29, 0.717) is 11.4 Å². The topological polar surface area (TPSA) is 58.9 Å². The Balaban J connectivity index is 2.22. The van der Waals surface area contributed by atoms with E-state index in [0.717, 1.165) is 20.9 Å². The first-order valence-electron chi connectivity index (χ1n) is 6.35. The molecule has 2 rings (SSSR count). The monoisotopic (exact) mass is 328 g/mol. The molecular formula is C16H12N2O2S2. The fraction of sp³-hybridized carbons (Fsp3) is 0.125. The second-order valence-electron chi connectivity index (χ2n) is 4.46. The average molecular weight is 328 g/mol. The van der Waals surface area contributed by atoms with Gasteiger partial charge in [-0.25, -0.2) is 9.59 Å². The van der Waals surface area contributed by atoms with E-state index in [1.54, 1.807) is 33.7 Å². The second-order valence-corrected chi connectivity index (χ2v) is 6.70. The first-order chi connectivity index (χ1) is 10.6. The van der Waals surface area contributed by atoms with Gasteiger partial charge in [0.2, 0.25) is 12.2 Å². The van der Waals surface area contributed by atoms with E-state index in [1.807, 2.05) is 44.2 Å². The molecule has 6 heteroatoms. The minimum atomic E-state index is 0.577. The zero-order chi connectivity index (χ0) is 15.9. The standard InChI is InChI=1S/C16H12N2O2S2/c1-11-6-14(18-10-20)8-16(12(11)2)22-21-15-5-3-4-13(7-15)17-9-19/h3-8H,1-2H3. The molecule has 0 atom stereocenters. The molecule has 0 heterocycles. The highest BCUT2D eigenvalue weighted by Gasteiger charge is 2.07. The number of benzene rings is 2. The SMILES string of the molecule is Cc1cc(N=C=O)cc(SSc2cccc(N=C=O)c2)c1C. The van der Waals surface area contributed by atoms with E-state index in [9.17, 15) is 9.59 Å². The molecular weight excluding hydrogens is 316 g/mol. The predicted molar refractivity (Wildman–Crippen MR) is 89.6 cm³/mol. The Labute approximate surface area is 136 Å². The lowest BCUT2D eigenvalue weighted by Crippen LogP contribution is -1.84. The molecule has 0 saturated carbocycles. The lowest BCUT2D eigenvalue weighted by molar-refractivity contribution is 0.564. The molecule has 0 aliphatic heterocycles. The van der Waals surface area contributed by atoms with Crippen molar-refractivity contribution in [3.05, 3.63) is 47.5 Å². The van der Waals surface area contributed by atoms with Gasteiger partial charge in [-0.3, -0.25) is 0 Å². The van der Waals surface area contributed by atoms with Gasteiger partial charge in [-0.15, -0.1) is 0 Å². The number of hydrogen-bond acceptors (Lipinski definition) is 6. The van der Waals surface area contributed by atoms with E-state index >= 15 is 0 Å². The van der Waals surface area contributed by atoms with E-state index in [1.165, 1.54) is 6.08 Å². The Hall–Kier alpha value is -2.10. The van der Waals surface area contributed by atoms with Crippen molar-refractivity contribution in [3.63, 3.8) is 0 Å². The van der Waals surface area contributed by atoms with E-state index < -0.39 is 0 Å². The predicted octanol–water partition coefficient (Wildman–Crippen LogP) is 5.04. The minimum Gasteiger partial charge on any atom is -0.211 e.